The molecule has 0 saturated carbocycles. The third-order valence-electron chi connectivity index (χ3n) is 4.58. The lowest BCUT2D eigenvalue weighted by Gasteiger charge is -2.26. The van der Waals surface area contributed by atoms with Crippen LogP contribution in [-0.4, -0.2) is 51.5 Å². The Morgan fingerprint density at radius 3 is 1.79 bits per heavy atom. The van der Waals surface area contributed by atoms with E-state index >= 15 is 0 Å². The molecular weight excluding hydrogens is 422 g/mol. The number of benzene rings is 2. The molecule has 4 nitrogen and oxygen atoms in total. The fraction of sp³-hybridized carbons (Fsp3) is 0.600. The molecule has 3 rings (SSSR count). The zero-order valence-corrected chi connectivity index (χ0v) is 24.5. The van der Waals surface area contributed by atoms with Crippen molar-refractivity contribution >= 4 is 0 Å². The minimum atomic E-state index is 0.755. The number of rotatable bonds is 5. The molecule has 34 heavy (non-hydrogen) atoms. The molecule has 2 aromatic rings. The van der Waals surface area contributed by atoms with Crippen molar-refractivity contribution in [3.8, 4) is 11.5 Å². The molecule has 0 N–H and O–H groups in total. The lowest BCUT2D eigenvalue weighted by Crippen LogP contribution is -2.38. The molecule has 4 heteroatoms. The predicted molar refractivity (Wildman–Crippen MR) is 152 cm³/mol. The minimum Gasteiger partial charge on any atom is -0.497 e. The Kier molecular flexibility index (Phi) is 29.2. The van der Waals surface area contributed by atoms with Gasteiger partial charge < -0.3 is 14.2 Å². The summed E-state index contributed by atoms with van der Waals surface area (Å²) >= 11 is 0. The molecule has 0 atom stereocenters. The maximum atomic E-state index is 5.76. The molecule has 0 amide bonds. The van der Waals surface area contributed by atoms with Gasteiger partial charge in [-0.25, -0.2) is 0 Å². The van der Waals surface area contributed by atoms with Gasteiger partial charge in [-0.15, -0.1) is 0 Å². The molecule has 198 valence electrons. The van der Waals surface area contributed by atoms with Gasteiger partial charge in [0.2, 0.25) is 0 Å². The van der Waals surface area contributed by atoms with Gasteiger partial charge in [-0.3, -0.25) is 4.90 Å². The average molecular weight is 478 g/mol. The summed E-state index contributed by atoms with van der Waals surface area (Å²) in [6.45, 7) is 27.7. The number of hydrogen-bond donors (Lipinski definition) is 0. The van der Waals surface area contributed by atoms with E-state index in [4.69, 9.17) is 14.2 Å². The lowest BCUT2D eigenvalue weighted by atomic mass is 10.1. The first-order valence-electron chi connectivity index (χ1n) is 13.2. The first kappa shape index (κ1) is 36.5. The molecule has 0 aliphatic carbocycles. The smallest absolute Gasteiger partial charge is 0.122 e. The quantitative estimate of drug-likeness (QED) is 0.435. The Hall–Kier alpha value is -2.04. The standard InChI is InChI=1S/C13H19NO2.C9H12O.4C2H6/c1-12-4-2-3-5-13(12)16-11-8-14-6-9-15-10-7-14;1-7-4-5-9(10-3)6-8(7)2;4*1-2/h2-5H,6-11H2,1H3;4-6H,1-3H3;4*1-2H3. The number of morpholine rings is 1. The van der Waals surface area contributed by atoms with E-state index in [-0.39, 0.29) is 0 Å². The molecule has 0 spiro atoms. The van der Waals surface area contributed by atoms with Crippen LogP contribution in [0, 0.1) is 20.8 Å². The minimum absolute atomic E-state index is 0.755. The zero-order valence-electron chi connectivity index (χ0n) is 24.5. The highest BCUT2D eigenvalue weighted by Gasteiger charge is 2.09. The van der Waals surface area contributed by atoms with Crippen LogP contribution in [0.5, 0.6) is 11.5 Å². The van der Waals surface area contributed by atoms with E-state index in [0.717, 1.165) is 51.0 Å². The van der Waals surface area contributed by atoms with Gasteiger partial charge in [0, 0.05) is 19.6 Å². The Labute approximate surface area is 212 Å². The Morgan fingerprint density at radius 1 is 0.735 bits per heavy atom. The van der Waals surface area contributed by atoms with Crippen molar-refractivity contribution in [3.63, 3.8) is 0 Å². The number of nitrogens with zero attached hydrogens (tertiary/aromatic N) is 1. The van der Waals surface area contributed by atoms with Gasteiger partial charge in [0.25, 0.3) is 0 Å². The molecular formula is C30H55NO3. The SMILES string of the molecule is CC.CC.CC.CC.COc1ccc(C)c(C)c1.Cc1ccccc1OCCN1CCOCC1. The normalized spacial score (nSPS) is 11.6. The van der Waals surface area contributed by atoms with Crippen LogP contribution < -0.4 is 9.47 Å². The Morgan fingerprint density at radius 2 is 1.29 bits per heavy atom. The van der Waals surface area contributed by atoms with Crippen molar-refractivity contribution in [3.05, 3.63) is 59.2 Å². The molecule has 1 heterocycles. The third kappa shape index (κ3) is 17.4. The second-order valence-electron chi connectivity index (χ2n) is 6.52. The van der Waals surface area contributed by atoms with Gasteiger partial charge in [0.15, 0.2) is 0 Å². The van der Waals surface area contributed by atoms with Crippen LogP contribution >= 0.6 is 0 Å². The predicted octanol–water partition coefficient (Wildman–Crippen LogP) is 8.12. The second kappa shape index (κ2) is 27.2. The van der Waals surface area contributed by atoms with E-state index in [1.165, 1.54) is 16.7 Å². The third-order valence-corrected chi connectivity index (χ3v) is 4.58. The van der Waals surface area contributed by atoms with Crippen molar-refractivity contribution in [1.82, 2.24) is 4.90 Å². The highest BCUT2D eigenvalue weighted by molar-refractivity contribution is 5.33. The van der Waals surface area contributed by atoms with Crippen LogP contribution in [0.1, 0.15) is 72.1 Å². The van der Waals surface area contributed by atoms with Crippen molar-refractivity contribution in [1.29, 1.82) is 0 Å². The Balaban J connectivity index is -0.000000461. The summed E-state index contributed by atoms with van der Waals surface area (Å²) in [5.74, 6) is 1.93. The van der Waals surface area contributed by atoms with Gasteiger partial charge in [-0.1, -0.05) is 79.7 Å². The number of hydrogen-bond acceptors (Lipinski definition) is 4. The molecule has 0 bridgehead atoms. The van der Waals surface area contributed by atoms with Crippen LogP contribution in [0.3, 0.4) is 0 Å². The highest BCUT2D eigenvalue weighted by atomic mass is 16.5. The summed E-state index contributed by atoms with van der Waals surface area (Å²) in [5.41, 5.74) is 3.78. The van der Waals surface area contributed by atoms with Crippen molar-refractivity contribution in [2.45, 2.75) is 76.2 Å². The van der Waals surface area contributed by atoms with Gasteiger partial charge >= 0.3 is 0 Å². The average Bonchev–Trinajstić information content (AvgIpc) is 2.92. The molecule has 0 radical (unpaired) electrons. The summed E-state index contributed by atoms with van der Waals surface area (Å²) in [6.07, 6.45) is 0. The van der Waals surface area contributed by atoms with Crippen LogP contribution in [0.15, 0.2) is 42.5 Å². The van der Waals surface area contributed by atoms with Gasteiger partial charge in [0.1, 0.15) is 18.1 Å². The van der Waals surface area contributed by atoms with E-state index in [1.54, 1.807) is 7.11 Å². The largest absolute Gasteiger partial charge is 0.497 e. The zero-order chi connectivity index (χ0) is 26.8. The number of para-hydroxylation sites is 1. The summed E-state index contributed by atoms with van der Waals surface area (Å²) < 4.78 is 16.1. The van der Waals surface area contributed by atoms with Crippen LogP contribution in [0.25, 0.3) is 0 Å². The molecule has 2 aromatic carbocycles. The van der Waals surface area contributed by atoms with E-state index < -0.39 is 0 Å². The van der Waals surface area contributed by atoms with Crippen molar-refractivity contribution in [2.24, 2.45) is 0 Å². The molecule has 0 unspecified atom stereocenters. The maximum absolute atomic E-state index is 5.76. The van der Waals surface area contributed by atoms with Crippen LogP contribution in [0.4, 0.5) is 0 Å². The van der Waals surface area contributed by atoms with Crippen molar-refractivity contribution < 1.29 is 14.2 Å². The van der Waals surface area contributed by atoms with Crippen molar-refractivity contribution in [2.75, 3.05) is 46.6 Å². The first-order valence-corrected chi connectivity index (χ1v) is 13.2. The summed E-state index contributed by atoms with van der Waals surface area (Å²) in [6, 6.07) is 14.2. The lowest BCUT2D eigenvalue weighted by molar-refractivity contribution is 0.0322. The molecule has 1 saturated heterocycles. The second-order valence-corrected chi connectivity index (χ2v) is 6.52. The topological polar surface area (TPSA) is 30.9 Å². The Bertz CT molecular complexity index is 668. The highest BCUT2D eigenvalue weighted by Crippen LogP contribution is 2.16. The van der Waals surface area contributed by atoms with Gasteiger partial charge in [-0.05, 0) is 55.7 Å². The fourth-order valence-corrected chi connectivity index (χ4v) is 2.67. The summed E-state index contributed by atoms with van der Waals surface area (Å²) in [7, 11) is 1.68. The summed E-state index contributed by atoms with van der Waals surface area (Å²) in [5, 5.41) is 0. The molecule has 1 aliphatic heterocycles. The molecule has 0 aromatic heterocycles. The number of aryl methyl sites for hydroxylation is 3. The maximum Gasteiger partial charge on any atom is 0.122 e. The monoisotopic (exact) mass is 477 g/mol. The van der Waals surface area contributed by atoms with E-state index in [0.29, 0.717) is 0 Å². The molecule has 1 fully saturated rings. The first-order chi connectivity index (χ1) is 16.6. The number of methoxy groups -OCH3 is 1. The number of ether oxygens (including phenoxy) is 3. The summed E-state index contributed by atoms with van der Waals surface area (Å²) in [4.78, 5) is 2.38. The van der Waals surface area contributed by atoms with E-state index in [1.807, 2.05) is 85.7 Å². The van der Waals surface area contributed by atoms with Crippen LogP contribution in [0.2, 0.25) is 0 Å². The van der Waals surface area contributed by atoms with Gasteiger partial charge in [-0.2, -0.15) is 0 Å². The van der Waals surface area contributed by atoms with Crippen LogP contribution in [-0.2, 0) is 4.74 Å². The van der Waals surface area contributed by atoms with E-state index in [9.17, 15) is 0 Å². The molecule has 1 aliphatic rings. The van der Waals surface area contributed by atoms with E-state index in [2.05, 4.69) is 37.8 Å². The van der Waals surface area contributed by atoms with Gasteiger partial charge in [0.05, 0.1) is 20.3 Å². The fourth-order valence-electron chi connectivity index (χ4n) is 2.67.